The molecule has 26 heavy (non-hydrogen) atoms. The second-order valence-corrected chi connectivity index (χ2v) is 8.72. The van der Waals surface area contributed by atoms with Gasteiger partial charge < -0.3 is 14.4 Å². The number of anilines is 1. The lowest BCUT2D eigenvalue weighted by Gasteiger charge is -2.38. The van der Waals surface area contributed by atoms with Crippen molar-refractivity contribution in [3.63, 3.8) is 0 Å². The van der Waals surface area contributed by atoms with Crippen molar-refractivity contribution >= 4 is 23.3 Å². The molecule has 0 spiro atoms. The van der Waals surface area contributed by atoms with E-state index in [9.17, 15) is 9.59 Å². The third-order valence-corrected chi connectivity index (χ3v) is 6.16. The van der Waals surface area contributed by atoms with Crippen LogP contribution < -0.4 is 4.90 Å². The number of nitrogens with zero attached hydrogens (tertiary/aromatic N) is 1. The van der Waals surface area contributed by atoms with Crippen LogP contribution in [-0.4, -0.2) is 42.7 Å². The van der Waals surface area contributed by atoms with E-state index in [2.05, 4.69) is 23.1 Å². The van der Waals surface area contributed by atoms with Gasteiger partial charge >= 0.3 is 0 Å². The lowest BCUT2D eigenvalue weighted by molar-refractivity contribution is -0.164. The number of para-hydroxylation sites is 1. The molecule has 3 fully saturated rings. The Hall–Kier alpha value is -1.98. The number of ketones is 2. The van der Waals surface area contributed by atoms with Crippen LogP contribution >= 0.6 is 0 Å². The minimum atomic E-state index is -0.767. The van der Waals surface area contributed by atoms with E-state index < -0.39 is 11.7 Å². The predicted octanol–water partition coefficient (Wildman–Crippen LogP) is 2.44. The van der Waals surface area contributed by atoms with E-state index >= 15 is 0 Å². The fourth-order valence-corrected chi connectivity index (χ4v) is 5.02. The number of ether oxygens (including phenoxy) is 2. The van der Waals surface area contributed by atoms with E-state index in [1.165, 1.54) is 0 Å². The van der Waals surface area contributed by atoms with Gasteiger partial charge in [0.2, 0.25) is 6.29 Å². The highest BCUT2D eigenvalue weighted by molar-refractivity contribution is 5.98. The third kappa shape index (κ3) is 2.04. The molecule has 0 aliphatic carbocycles. The SMILES string of the molecule is CC(C)(C)C(=O)[C@@H]1[C@@H]2[C@H](C(=O)[C@@H]3OC[C@H]2O3)[C@H]2C=Cc3ccccc3N21. The highest BCUT2D eigenvalue weighted by Crippen LogP contribution is 2.51. The summed E-state index contributed by atoms with van der Waals surface area (Å²) in [5, 5.41) is 0. The van der Waals surface area contributed by atoms with E-state index in [0.29, 0.717) is 6.61 Å². The van der Waals surface area contributed by atoms with Crippen molar-refractivity contribution in [3.05, 3.63) is 35.9 Å². The molecule has 4 aliphatic rings. The molecule has 6 atom stereocenters. The molecule has 1 aromatic rings. The Morgan fingerprint density at radius 2 is 2.00 bits per heavy atom. The Kier molecular flexibility index (Phi) is 3.29. The Bertz CT molecular complexity index is 824. The summed E-state index contributed by atoms with van der Waals surface area (Å²) in [4.78, 5) is 28.7. The smallest absolute Gasteiger partial charge is 0.218 e. The summed E-state index contributed by atoms with van der Waals surface area (Å²) in [6, 6.07) is 7.59. The average molecular weight is 353 g/mol. The van der Waals surface area contributed by atoms with Crippen LogP contribution in [0.4, 0.5) is 5.69 Å². The molecule has 3 saturated heterocycles. The van der Waals surface area contributed by atoms with Crippen molar-refractivity contribution in [2.24, 2.45) is 17.3 Å². The molecule has 2 bridgehead atoms. The summed E-state index contributed by atoms with van der Waals surface area (Å²) < 4.78 is 11.4. The number of Topliss-reactive ketones (excluding diaryl/α,β-unsaturated/α-hetero) is 2. The zero-order valence-corrected chi connectivity index (χ0v) is 15.2. The van der Waals surface area contributed by atoms with Crippen LogP contribution in [0.2, 0.25) is 0 Å². The van der Waals surface area contributed by atoms with E-state index in [4.69, 9.17) is 9.47 Å². The number of carbonyl (C=O) groups excluding carboxylic acids is 2. The molecule has 0 saturated carbocycles. The van der Waals surface area contributed by atoms with Gasteiger partial charge in [-0.1, -0.05) is 51.1 Å². The van der Waals surface area contributed by atoms with Crippen LogP contribution in [0.1, 0.15) is 26.3 Å². The van der Waals surface area contributed by atoms with Crippen LogP contribution in [0.25, 0.3) is 6.08 Å². The van der Waals surface area contributed by atoms with Gasteiger partial charge in [0.1, 0.15) is 0 Å². The van der Waals surface area contributed by atoms with E-state index in [0.717, 1.165) is 11.3 Å². The van der Waals surface area contributed by atoms with Crippen LogP contribution in [0.3, 0.4) is 0 Å². The summed E-state index contributed by atoms with van der Waals surface area (Å²) in [5.74, 6) is -0.301. The van der Waals surface area contributed by atoms with E-state index in [-0.39, 0.29) is 41.6 Å². The van der Waals surface area contributed by atoms with Gasteiger partial charge in [0.05, 0.1) is 30.7 Å². The van der Waals surface area contributed by atoms with Crippen molar-refractivity contribution in [1.82, 2.24) is 0 Å². The molecule has 0 unspecified atom stereocenters. The van der Waals surface area contributed by atoms with E-state index in [1.54, 1.807) is 0 Å². The molecule has 5 heteroatoms. The van der Waals surface area contributed by atoms with Gasteiger partial charge in [-0.3, -0.25) is 9.59 Å². The quantitative estimate of drug-likeness (QED) is 0.776. The molecule has 136 valence electrons. The summed E-state index contributed by atoms with van der Waals surface area (Å²) in [5.41, 5.74) is 1.62. The summed E-state index contributed by atoms with van der Waals surface area (Å²) in [6.45, 7) is 6.23. The topological polar surface area (TPSA) is 55.8 Å². The predicted molar refractivity (Wildman–Crippen MR) is 96.6 cm³/mol. The van der Waals surface area contributed by atoms with Gasteiger partial charge in [0, 0.05) is 17.0 Å². The highest BCUT2D eigenvalue weighted by Gasteiger charge is 2.64. The summed E-state index contributed by atoms with van der Waals surface area (Å²) >= 11 is 0. The van der Waals surface area contributed by atoms with Crippen LogP contribution in [-0.2, 0) is 19.1 Å². The number of rotatable bonds is 1. The van der Waals surface area contributed by atoms with Gasteiger partial charge in [-0.05, 0) is 11.6 Å². The minimum Gasteiger partial charge on any atom is -0.353 e. The lowest BCUT2D eigenvalue weighted by atomic mass is 9.74. The van der Waals surface area contributed by atoms with E-state index in [1.807, 2.05) is 39.0 Å². The van der Waals surface area contributed by atoms with Gasteiger partial charge in [0.25, 0.3) is 0 Å². The molecular weight excluding hydrogens is 330 g/mol. The first kappa shape index (κ1) is 16.2. The minimum absolute atomic E-state index is 0.0213. The number of hydrogen-bond acceptors (Lipinski definition) is 5. The van der Waals surface area contributed by atoms with Crippen molar-refractivity contribution in [3.8, 4) is 0 Å². The third-order valence-electron chi connectivity index (χ3n) is 6.16. The zero-order valence-electron chi connectivity index (χ0n) is 15.2. The van der Waals surface area contributed by atoms with Gasteiger partial charge in [0.15, 0.2) is 11.6 Å². The molecule has 0 radical (unpaired) electrons. The molecule has 5 nitrogen and oxygen atoms in total. The average Bonchev–Trinajstić information content (AvgIpc) is 3.19. The Morgan fingerprint density at radius 3 is 2.77 bits per heavy atom. The molecule has 4 aliphatic heterocycles. The largest absolute Gasteiger partial charge is 0.353 e. The van der Waals surface area contributed by atoms with Crippen LogP contribution in [0, 0.1) is 17.3 Å². The summed E-state index contributed by atoms with van der Waals surface area (Å²) in [6.07, 6.45) is 3.18. The molecular formula is C21H23NO4. The fraction of sp³-hybridized carbons (Fsp3) is 0.524. The molecule has 4 heterocycles. The maximum absolute atomic E-state index is 13.5. The van der Waals surface area contributed by atoms with Crippen molar-refractivity contribution in [2.75, 3.05) is 11.5 Å². The van der Waals surface area contributed by atoms with Crippen LogP contribution in [0.15, 0.2) is 30.3 Å². The maximum atomic E-state index is 13.5. The Morgan fingerprint density at radius 1 is 1.23 bits per heavy atom. The lowest BCUT2D eigenvalue weighted by Crippen LogP contribution is -2.51. The Balaban J connectivity index is 1.69. The first-order valence-corrected chi connectivity index (χ1v) is 9.28. The van der Waals surface area contributed by atoms with Gasteiger partial charge in [-0.25, -0.2) is 0 Å². The first-order valence-electron chi connectivity index (χ1n) is 9.28. The van der Waals surface area contributed by atoms with Crippen molar-refractivity contribution in [2.45, 2.75) is 45.2 Å². The normalized spacial score (nSPS) is 37.3. The number of benzene rings is 1. The van der Waals surface area contributed by atoms with Crippen molar-refractivity contribution in [1.29, 1.82) is 0 Å². The second kappa shape index (κ2) is 5.27. The molecule has 5 rings (SSSR count). The van der Waals surface area contributed by atoms with Gasteiger partial charge in [-0.2, -0.15) is 0 Å². The molecule has 1 aromatic carbocycles. The molecule has 0 aromatic heterocycles. The van der Waals surface area contributed by atoms with Crippen molar-refractivity contribution < 1.29 is 19.1 Å². The number of carbonyl (C=O) groups is 2. The Labute approximate surface area is 153 Å². The summed E-state index contributed by atoms with van der Waals surface area (Å²) in [7, 11) is 0. The monoisotopic (exact) mass is 353 g/mol. The second-order valence-electron chi connectivity index (χ2n) is 8.72. The molecule has 0 N–H and O–H groups in total. The standard InChI is InChI=1S/C21H23NO4/c1-21(2,3)19(24)17-16-14-10-25-20(26-14)18(23)15(16)13-9-8-11-6-4-5-7-12(11)22(13)17/h4-9,13-17,20H,10H2,1-3H3/t13-,14-,15-,16+,17+,20-/m1/s1. The van der Waals surface area contributed by atoms with Crippen LogP contribution in [0.5, 0.6) is 0 Å². The fourth-order valence-electron chi connectivity index (χ4n) is 5.02. The zero-order chi connectivity index (χ0) is 18.2. The van der Waals surface area contributed by atoms with Gasteiger partial charge in [-0.15, -0.1) is 0 Å². The first-order chi connectivity index (χ1) is 12.4. The highest BCUT2D eigenvalue weighted by atomic mass is 16.7. The number of hydrogen-bond donors (Lipinski definition) is 0. The number of fused-ring (bicyclic) bond motifs is 8. The molecule has 0 amide bonds. The maximum Gasteiger partial charge on any atom is 0.218 e.